The molecular formula is C26H30F3N5O. The Morgan fingerprint density at radius 3 is 2.43 bits per heavy atom. The van der Waals surface area contributed by atoms with Gasteiger partial charge in [-0.05, 0) is 62.0 Å². The third kappa shape index (κ3) is 5.51. The van der Waals surface area contributed by atoms with Crippen molar-refractivity contribution in [3.63, 3.8) is 0 Å². The molecule has 2 fully saturated rings. The van der Waals surface area contributed by atoms with E-state index in [4.69, 9.17) is 0 Å². The lowest BCUT2D eigenvalue weighted by molar-refractivity contribution is -0.137. The van der Waals surface area contributed by atoms with E-state index in [2.05, 4.69) is 32.3 Å². The van der Waals surface area contributed by atoms with Crippen molar-refractivity contribution in [3.8, 4) is 0 Å². The highest BCUT2D eigenvalue weighted by Crippen LogP contribution is 2.29. The number of aromatic nitrogens is 2. The average Bonchev–Trinajstić information content (AvgIpc) is 3.17. The molecule has 3 heterocycles. The summed E-state index contributed by atoms with van der Waals surface area (Å²) in [5.41, 5.74) is 1.62. The monoisotopic (exact) mass is 485 g/mol. The zero-order valence-corrected chi connectivity index (χ0v) is 19.6. The zero-order chi connectivity index (χ0) is 24.4. The normalized spacial score (nSPS) is 19.9. The summed E-state index contributed by atoms with van der Waals surface area (Å²) in [7, 11) is 0. The van der Waals surface area contributed by atoms with E-state index in [1.807, 2.05) is 6.08 Å². The number of amides is 1. The lowest BCUT2D eigenvalue weighted by Gasteiger charge is -2.34. The first-order valence-corrected chi connectivity index (χ1v) is 12.2. The molecule has 1 aliphatic carbocycles. The quantitative estimate of drug-likeness (QED) is 0.698. The van der Waals surface area contributed by atoms with E-state index in [0.29, 0.717) is 44.5 Å². The van der Waals surface area contributed by atoms with Crippen LogP contribution in [0.3, 0.4) is 0 Å². The fourth-order valence-corrected chi connectivity index (χ4v) is 5.07. The predicted molar refractivity (Wildman–Crippen MR) is 128 cm³/mol. The average molecular weight is 486 g/mol. The van der Waals surface area contributed by atoms with Gasteiger partial charge in [0.25, 0.3) is 5.91 Å². The Balaban J connectivity index is 1.18. The van der Waals surface area contributed by atoms with Gasteiger partial charge in [0.05, 0.1) is 16.3 Å². The molecule has 3 aliphatic rings. The number of imidazole rings is 1. The topological polar surface area (TPSA) is 64.3 Å². The Morgan fingerprint density at radius 1 is 1.03 bits per heavy atom. The molecule has 0 bridgehead atoms. The van der Waals surface area contributed by atoms with E-state index in [1.165, 1.54) is 17.7 Å². The van der Waals surface area contributed by atoms with Crippen LogP contribution >= 0.6 is 0 Å². The number of aromatic amines is 1. The van der Waals surface area contributed by atoms with Crippen molar-refractivity contribution >= 4 is 18.1 Å². The second-order valence-electron chi connectivity index (χ2n) is 9.49. The number of benzene rings is 1. The Kier molecular flexibility index (Phi) is 6.80. The summed E-state index contributed by atoms with van der Waals surface area (Å²) in [5.74, 6) is 0.849. The standard InChI is InChI=1S/C26H30F3N5O/c27-26(28,29)21-5-1-18(2-6-21)17-33-13-15-34(16-14-33)25(35)24-31-22-7-3-19(4-8-23(22)32-24)20-9-11-30-12-10-20/h1-3,5-8,20,30H,4,9-17H2,(H,31,32). The highest BCUT2D eigenvalue weighted by atomic mass is 19.4. The number of piperazine rings is 1. The summed E-state index contributed by atoms with van der Waals surface area (Å²) in [6.07, 6.45) is 5.19. The third-order valence-electron chi connectivity index (χ3n) is 7.17. The highest BCUT2D eigenvalue weighted by molar-refractivity contribution is 5.90. The molecule has 0 atom stereocenters. The van der Waals surface area contributed by atoms with Gasteiger partial charge in [-0.3, -0.25) is 9.69 Å². The number of nitrogens with one attached hydrogen (secondary N) is 2. The fraction of sp³-hybridized carbons (Fsp3) is 0.462. The smallest absolute Gasteiger partial charge is 0.334 e. The lowest BCUT2D eigenvalue weighted by Crippen LogP contribution is -2.48. The molecule has 1 aromatic carbocycles. The van der Waals surface area contributed by atoms with Crippen LogP contribution in [0.2, 0.25) is 0 Å². The number of nitrogens with zero attached hydrogens (tertiary/aromatic N) is 3. The number of hydrogen-bond donors (Lipinski definition) is 2. The second kappa shape index (κ2) is 9.99. The molecule has 9 heteroatoms. The first-order chi connectivity index (χ1) is 16.9. The lowest BCUT2D eigenvalue weighted by atomic mass is 9.88. The second-order valence-corrected chi connectivity index (χ2v) is 9.49. The maximum atomic E-state index is 13.1. The van der Waals surface area contributed by atoms with Crippen LogP contribution < -0.4 is 16.0 Å². The van der Waals surface area contributed by atoms with Crippen LogP contribution in [-0.4, -0.2) is 64.9 Å². The van der Waals surface area contributed by atoms with Crippen molar-refractivity contribution < 1.29 is 18.0 Å². The van der Waals surface area contributed by atoms with Gasteiger partial charge < -0.3 is 15.2 Å². The van der Waals surface area contributed by atoms with Gasteiger partial charge in [0.2, 0.25) is 0 Å². The molecular weight excluding hydrogens is 455 g/mol. The van der Waals surface area contributed by atoms with Crippen molar-refractivity contribution in [3.05, 3.63) is 63.6 Å². The van der Waals surface area contributed by atoms with Gasteiger partial charge in [-0.25, -0.2) is 4.98 Å². The number of H-pyrrole nitrogens is 1. The van der Waals surface area contributed by atoms with E-state index in [-0.39, 0.29) is 5.91 Å². The number of piperidine rings is 1. The minimum absolute atomic E-state index is 0.114. The first-order valence-electron chi connectivity index (χ1n) is 12.2. The molecule has 1 aromatic heterocycles. The number of carbonyl (C=O) groups excluding carboxylic acids is 1. The van der Waals surface area contributed by atoms with Crippen molar-refractivity contribution in [2.24, 2.45) is 5.92 Å². The maximum Gasteiger partial charge on any atom is 0.416 e. The van der Waals surface area contributed by atoms with Crippen LogP contribution in [0.5, 0.6) is 0 Å². The molecule has 1 amide bonds. The number of fused-ring (bicyclic) bond motifs is 1. The third-order valence-corrected chi connectivity index (χ3v) is 7.17. The molecule has 0 radical (unpaired) electrons. The molecule has 2 aromatic rings. The van der Waals surface area contributed by atoms with Crippen molar-refractivity contribution in [1.29, 1.82) is 0 Å². The van der Waals surface area contributed by atoms with Crippen LogP contribution in [-0.2, 0) is 12.7 Å². The van der Waals surface area contributed by atoms with Crippen molar-refractivity contribution in [2.45, 2.75) is 32.0 Å². The van der Waals surface area contributed by atoms with Gasteiger partial charge in [0.1, 0.15) is 0 Å². The summed E-state index contributed by atoms with van der Waals surface area (Å²) >= 11 is 0. The molecule has 0 saturated carbocycles. The molecule has 6 nitrogen and oxygen atoms in total. The summed E-state index contributed by atoms with van der Waals surface area (Å²) in [4.78, 5) is 24.8. The summed E-state index contributed by atoms with van der Waals surface area (Å²) in [6, 6.07) is 5.28. The van der Waals surface area contributed by atoms with Crippen LogP contribution in [0.25, 0.3) is 12.2 Å². The number of rotatable bonds is 4. The van der Waals surface area contributed by atoms with E-state index in [1.54, 1.807) is 4.90 Å². The Bertz CT molecular complexity index is 1200. The highest BCUT2D eigenvalue weighted by Gasteiger charge is 2.30. The van der Waals surface area contributed by atoms with Crippen LogP contribution in [0.15, 0.2) is 35.9 Å². The molecule has 5 rings (SSSR count). The summed E-state index contributed by atoms with van der Waals surface area (Å²) < 4.78 is 38.3. The first kappa shape index (κ1) is 23.8. The molecule has 186 valence electrons. The number of hydrogen-bond acceptors (Lipinski definition) is 4. The van der Waals surface area contributed by atoms with Gasteiger partial charge in [-0.15, -0.1) is 0 Å². The van der Waals surface area contributed by atoms with Crippen molar-refractivity contribution in [2.75, 3.05) is 39.3 Å². The molecule has 0 unspecified atom stereocenters. The number of alkyl halides is 3. The Hall–Kier alpha value is -2.91. The van der Waals surface area contributed by atoms with Gasteiger partial charge in [0, 0.05) is 32.7 Å². The van der Waals surface area contributed by atoms with Gasteiger partial charge in [-0.1, -0.05) is 29.9 Å². The largest absolute Gasteiger partial charge is 0.416 e. The van der Waals surface area contributed by atoms with Gasteiger partial charge in [0.15, 0.2) is 5.82 Å². The van der Waals surface area contributed by atoms with Gasteiger partial charge in [-0.2, -0.15) is 13.2 Å². The van der Waals surface area contributed by atoms with Crippen LogP contribution in [0.1, 0.15) is 41.0 Å². The molecule has 35 heavy (non-hydrogen) atoms. The maximum absolute atomic E-state index is 13.1. The van der Waals surface area contributed by atoms with Gasteiger partial charge >= 0.3 is 6.18 Å². The summed E-state index contributed by atoms with van der Waals surface area (Å²) in [5, 5.41) is 5.11. The SMILES string of the molecule is O=C(c1nc2c([nH]1)=CC=C(C1CCNCC1)CC=2)N1CCN(Cc2ccc(C(F)(F)F)cc2)CC1. The Morgan fingerprint density at radius 2 is 1.74 bits per heavy atom. The van der Waals surface area contributed by atoms with Crippen LogP contribution in [0, 0.1) is 5.92 Å². The van der Waals surface area contributed by atoms with E-state index < -0.39 is 11.7 Å². The van der Waals surface area contributed by atoms with E-state index in [9.17, 15) is 18.0 Å². The number of halogens is 3. The molecule has 2 N–H and O–H groups in total. The minimum Gasteiger partial charge on any atom is -0.334 e. The Labute approximate surface area is 202 Å². The zero-order valence-electron chi connectivity index (χ0n) is 19.6. The molecule has 0 spiro atoms. The number of allylic oxidation sites excluding steroid dienone is 2. The minimum atomic E-state index is -4.32. The van der Waals surface area contributed by atoms with E-state index in [0.717, 1.165) is 60.7 Å². The van der Waals surface area contributed by atoms with E-state index >= 15 is 0 Å². The molecule has 2 aliphatic heterocycles. The molecule has 2 saturated heterocycles. The summed E-state index contributed by atoms with van der Waals surface area (Å²) in [6.45, 7) is 5.10. The van der Waals surface area contributed by atoms with Crippen LogP contribution in [0.4, 0.5) is 13.2 Å². The predicted octanol–water partition coefficient (Wildman–Crippen LogP) is 2.28. The van der Waals surface area contributed by atoms with Crippen molar-refractivity contribution in [1.82, 2.24) is 25.1 Å². The fourth-order valence-electron chi connectivity index (χ4n) is 5.07. The number of carbonyl (C=O) groups is 1.